The second kappa shape index (κ2) is 9.74. The third-order valence-electron chi connectivity index (χ3n) is 5.53. The van der Waals surface area contributed by atoms with Crippen LogP contribution in [-0.4, -0.2) is 62.0 Å². The Morgan fingerprint density at radius 1 is 1.19 bits per heavy atom. The van der Waals surface area contributed by atoms with E-state index < -0.39 is 22.0 Å². The van der Waals surface area contributed by atoms with Crippen LogP contribution in [0.3, 0.4) is 0 Å². The summed E-state index contributed by atoms with van der Waals surface area (Å²) in [5, 5.41) is 0. The average Bonchev–Trinajstić information content (AvgIpc) is 3.42. The molecule has 10 heteroatoms. The van der Waals surface area contributed by atoms with Crippen LogP contribution in [0.25, 0.3) is 0 Å². The molecule has 0 aliphatic carbocycles. The second-order valence-electron chi connectivity index (χ2n) is 7.45. The maximum atomic E-state index is 13.4. The van der Waals surface area contributed by atoms with E-state index in [4.69, 9.17) is 9.47 Å². The summed E-state index contributed by atoms with van der Waals surface area (Å²) < 4.78 is 39.6. The van der Waals surface area contributed by atoms with Gasteiger partial charge in [0.15, 0.2) is 0 Å². The monoisotopic (exact) mass is 463 g/mol. The number of methoxy groups -OCH3 is 1. The number of hydrogen-bond donors (Lipinski definition) is 0. The second-order valence-corrected chi connectivity index (χ2v) is 9.34. The van der Waals surface area contributed by atoms with Crippen LogP contribution in [0.5, 0.6) is 5.75 Å². The first kappa shape index (κ1) is 23.8. The van der Waals surface area contributed by atoms with Crippen LogP contribution in [0.2, 0.25) is 0 Å². The van der Waals surface area contributed by atoms with E-state index in [0.29, 0.717) is 30.8 Å². The van der Waals surface area contributed by atoms with E-state index >= 15 is 0 Å². The first-order valence-electron chi connectivity index (χ1n) is 10.5. The van der Waals surface area contributed by atoms with Gasteiger partial charge in [0.05, 0.1) is 13.7 Å². The number of carbonyl (C=O) groups is 2. The smallest absolute Gasteiger partial charge is 0.354 e. The van der Waals surface area contributed by atoms with Crippen molar-refractivity contribution in [3.8, 4) is 5.75 Å². The molecule has 1 amide bonds. The zero-order chi connectivity index (χ0) is 23.5. The molecular weight excluding hydrogens is 434 g/mol. The van der Waals surface area contributed by atoms with Crippen LogP contribution in [0.1, 0.15) is 37.2 Å². The van der Waals surface area contributed by atoms with Gasteiger partial charge in [0.1, 0.15) is 22.4 Å². The molecule has 1 atom stereocenters. The van der Waals surface area contributed by atoms with Crippen LogP contribution in [0.15, 0.2) is 41.4 Å². The Bertz CT molecular complexity index is 1080. The minimum absolute atomic E-state index is 0.0322. The number of likely N-dealkylation sites (N-methyl/N-ethyl adjacent to an activating group) is 1. The minimum Gasteiger partial charge on any atom is -0.497 e. The van der Waals surface area contributed by atoms with Gasteiger partial charge in [-0.05, 0) is 57.0 Å². The standard InChI is InChI=1S/C22H29N3O6S/c1-5-24(16-9-11-17(30-4)12-10-16)21(26)19-8-7-13-25(19)32(28,29)18-14-20(23(3)15-18)22(27)31-6-2/h9-12,14-15,19H,5-8,13H2,1-4H3/t19-/m1/s1. The van der Waals surface area contributed by atoms with E-state index in [1.54, 1.807) is 50.2 Å². The SMILES string of the molecule is CCOC(=O)c1cc(S(=O)(=O)N2CCC[C@@H]2C(=O)N(CC)c2ccc(OC)cc2)cn1C. The summed E-state index contributed by atoms with van der Waals surface area (Å²) in [5.74, 6) is -0.203. The number of sulfonamides is 1. The molecule has 1 fully saturated rings. The van der Waals surface area contributed by atoms with Gasteiger partial charge < -0.3 is 18.9 Å². The van der Waals surface area contributed by atoms with Gasteiger partial charge in [-0.15, -0.1) is 0 Å². The highest BCUT2D eigenvalue weighted by Crippen LogP contribution is 2.30. The fourth-order valence-corrected chi connectivity index (χ4v) is 5.62. The van der Waals surface area contributed by atoms with Crippen molar-refractivity contribution in [1.82, 2.24) is 8.87 Å². The number of ether oxygens (including phenoxy) is 2. The number of anilines is 1. The van der Waals surface area contributed by atoms with E-state index in [0.717, 1.165) is 0 Å². The largest absolute Gasteiger partial charge is 0.497 e. The van der Waals surface area contributed by atoms with Gasteiger partial charge in [-0.1, -0.05) is 0 Å². The molecule has 0 bridgehead atoms. The Morgan fingerprint density at radius 2 is 1.88 bits per heavy atom. The summed E-state index contributed by atoms with van der Waals surface area (Å²) in [5.41, 5.74) is 0.813. The molecule has 1 saturated heterocycles. The van der Waals surface area contributed by atoms with Gasteiger partial charge in [-0.2, -0.15) is 4.31 Å². The number of rotatable bonds is 8. The van der Waals surface area contributed by atoms with Crippen molar-refractivity contribution < 1.29 is 27.5 Å². The number of hydrogen-bond acceptors (Lipinski definition) is 6. The molecule has 174 valence electrons. The van der Waals surface area contributed by atoms with E-state index in [1.165, 1.54) is 21.1 Å². The first-order chi connectivity index (χ1) is 15.2. The molecule has 1 aliphatic rings. The van der Waals surface area contributed by atoms with Gasteiger partial charge in [0.25, 0.3) is 0 Å². The lowest BCUT2D eigenvalue weighted by Crippen LogP contribution is -2.47. The molecule has 3 rings (SSSR count). The molecule has 0 radical (unpaired) electrons. The summed E-state index contributed by atoms with van der Waals surface area (Å²) in [6, 6.07) is 7.56. The topological polar surface area (TPSA) is 98.2 Å². The van der Waals surface area contributed by atoms with E-state index in [2.05, 4.69) is 0 Å². The van der Waals surface area contributed by atoms with Crippen LogP contribution < -0.4 is 9.64 Å². The molecule has 9 nitrogen and oxygen atoms in total. The molecule has 0 unspecified atom stereocenters. The summed E-state index contributed by atoms with van der Waals surface area (Å²) in [7, 11) is -0.831. The molecule has 32 heavy (non-hydrogen) atoms. The fraction of sp³-hybridized carbons (Fsp3) is 0.455. The lowest BCUT2D eigenvalue weighted by Gasteiger charge is -2.29. The first-order valence-corrected chi connectivity index (χ1v) is 12.0. The molecule has 1 aromatic heterocycles. The molecule has 0 saturated carbocycles. The lowest BCUT2D eigenvalue weighted by atomic mass is 10.2. The number of carbonyl (C=O) groups excluding carboxylic acids is 2. The van der Waals surface area contributed by atoms with E-state index in [-0.39, 0.29) is 29.6 Å². The molecular formula is C22H29N3O6S. The van der Waals surface area contributed by atoms with Crippen molar-refractivity contribution >= 4 is 27.6 Å². The zero-order valence-electron chi connectivity index (χ0n) is 18.8. The summed E-state index contributed by atoms with van der Waals surface area (Å²) in [6.45, 7) is 4.35. The highest BCUT2D eigenvalue weighted by Gasteiger charge is 2.42. The van der Waals surface area contributed by atoms with Crippen molar-refractivity contribution in [1.29, 1.82) is 0 Å². The molecule has 2 aromatic rings. The summed E-state index contributed by atoms with van der Waals surface area (Å²) in [6.07, 6.45) is 2.39. The van der Waals surface area contributed by atoms with Crippen LogP contribution in [-0.2, 0) is 26.6 Å². The molecule has 0 spiro atoms. The maximum Gasteiger partial charge on any atom is 0.354 e. The zero-order valence-corrected chi connectivity index (χ0v) is 19.6. The molecule has 0 N–H and O–H groups in total. The van der Waals surface area contributed by atoms with Gasteiger partial charge in [-0.3, -0.25) is 4.79 Å². The Morgan fingerprint density at radius 3 is 2.47 bits per heavy atom. The van der Waals surface area contributed by atoms with Crippen molar-refractivity contribution in [2.45, 2.75) is 37.6 Å². The van der Waals surface area contributed by atoms with Gasteiger partial charge in [0, 0.05) is 32.0 Å². The van der Waals surface area contributed by atoms with E-state index in [1.807, 2.05) is 6.92 Å². The van der Waals surface area contributed by atoms with Gasteiger partial charge in [-0.25, -0.2) is 13.2 Å². The number of nitrogens with zero attached hydrogens (tertiary/aromatic N) is 3. The highest BCUT2D eigenvalue weighted by atomic mass is 32.2. The van der Waals surface area contributed by atoms with Crippen LogP contribution in [0, 0.1) is 0 Å². The summed E-state index contributed by atoms with van der Waals surface area (Å²) in [4.78, 5) is 27.0. The van der Waals surface area contributed by atoms with E-state index in [9.17, 15) is 18.0 Å². The van der Waals surface area contributed by atoms with Crippen LogP contribution >= 0.6 is 0 Å². The number of aromatic nitrogens is 1. The quantitative estimate of drug-likeness (QED) is 0.558. The third kappa shape index (κ3) is 4.51. The Balaban J connectivity index is 1.88. The number of benzene rings is 1. The highest BCUT2D eigenvalue weighted by molar-refractivity contribution is 7.89. The predicted molar refractivity (Wildman–Crippen MR) is 119 cm³/mol. The molecule has 1 aliphatic heterocycles. The maximum absolute atomic E-state index is 13.4. The Labute approximate surface area is 188 Å². The van der Waals surface area contributed by atoms with Crippen molar-refractivity contribution in [2.75, 3.05) is 31.7 Å². The number of aryl methyl sites for hydroxylation is 1. The van der Waals surface area contributed by atoms with Gasteiger partial charge >= 0.3 is 5.97 Å². The molecule has 2 heterocycles. The fourth-order valence-electron chi connectivity index (χ4n) is 3.90. The number of amides is 1. The Kier molecular flexibility index (Phi) is 7.25. The number of esters is 1. The lowest BCUT2D eigenvalue weighted by molar-refractivity contribution is -0.121. The Hall–Kier alpha value is -2.85. The average molecular weight is 464 g/mol. The van der Waals surface area contributed by atoms with Crippen molar-refractivity contribution in [2.24, 2.45) is 7.05 Å². The third-order valence-corrected chi connectivity index (χ3v) is 7.40. The van der Waals surface area contributed by atoms with Crippen molar-refractivity contribution in [3.05, 3.63) is 42.2 Å². The van der Waals surface area contributed by atoms with Crippen molar-refractivity contribution in [3.63, 3.8) is 0 Å². The van der Waals surface area contributed by atoms with Gasteiger partial charge in [0.2, 0.25) is 15.9 Å². The van der Waals surface area contributed by atoms with Crippen LogP contribution in [0.4, 0.5) is 5.69 Å². The summed E-state index contributed by atoms with van der Waals surface area (Å²) >= 11 is 0. The predicted octanol–water partition coefficient (Wildman–Crippen LogP) is 2.42. The normalized spacial score (nSPS) is 16.7. The minimum atomic E-state index is -3.98. The molecule has 1 aromatic carbocycles.